The fourth-order valence-electron chi connectivity index (χ4n) is 4.51. The molecule has 174 valence electrons. The molecule has 34 heavy (non-hydrogen) atoms. The standard InChI is InChI=1S/C22H21FN8O2S/c23-18-2-1-16(12-34(32)33)29-22(18)30-8-5-14(10-30)19(3-6-24)31-11-15(9-28-31)20-17-4-7-25-21(17)27-13-26-20/h1-2,4,7,9,11,13-14,19H,3,5,8,10,12H2,(H,32,33)(H,25,26,27). The van der Waals surface area contributed by atoms with E-state index in [-0.39, 0.29) is 30.0 Å². The number of halogens is 1. The van der Waals surface area contributed by atoms with E-state index < -0.39 is 16.9 Å². The van der Waals surface area contributed by atoms with Gasteiger partial charge in [0, 0.05) is 42.4 Å². The molecule has 1 saturated heterocycles. The number of anilines is 1. The lowest BCUT2D eigenvalue weighted by molar-refractivity contribution is 0.331. The van der Waals surface area contributed by atoms with E-state index in [4.69, 9.17) is 4.55 Å². The Kier molecular flexibility index (Phi) is 6.04. The minimum Gasteiger partial charge on any atom is -0.354 e. The number of pyridine rings is 1. The summed E-state index contributed by atoms with van der Waals surface area (Å²) in [6.07, 6.45) is 7.90. The number of hydrogen-bond acceptors (Lipinski definition) is 7. The van der Waals surface area contributed by atoms with Crippen molar-refractivity contribution in [3.8, 4) is 17.3 Å². The highest BCUT2D eigenvalue weighted by Gasteiger charge is 2.33. The van der Waals surface area contributed by atoms with Gasteiger partial charge in [-0.15, -0.1) is 0 Å². The Balaban J connectivity index is 1.39. The van der Waals surface area contributed by atoms with Crippen LogP contribution in [0, 0.1) is 23.1 Å². The number of hydrogen-bond donors (Lipinski definition) is 2. The third kappa shape index (κ3) is 4.27. The van der Waals surface area contributed by atoms with Crippen molar-refractivity contribution in [2.45, 2.75) is 24.6 Å². The number of H-pyrrole nitrogens is 1. The van der Waals surface area contributed by atoms with Crippen LogP contribution in [0.15, 0.2) is 43.1 Å². The first kappa shape index (κ1) is 22.1. The quantitative estimate of drug-likeness (QED) is 0.385. The largest absolute Gasteiger partial charge is 0.354 e. The van der Waals surface area contributed by atoms with Crippen LogP contribution in [0.3, 0.4) is 0 Å². The van der Waals surface area contributed by atoms with Gasteiger partial charge in [0.25, 0.3) is 0 Å². The van der Waals surface area contributed by atoms with Gasteiger partial charge in [-0.05, 0) is 24.6 Å². The molecule has 5 rings (SSSR count). The van der Waals surface area contributed by atoms with Crippen LogP contribution >= 0.6 is 0 Å². The zero-order valence-corrected chi connectivity index (χ0v) is 18.8. The summed E-state index contributed by atoms with van der Waals surface area (Å²) in [6.45, 7) is 1.05. The number of nitrogens with zero attached hydrogens (tertiary/aromatic N) is 7. The minimum atomic E-state index is -2.06. The summed E-state index contributed by atoms with van der Waals surface area (Å²) >= 11 is -2.06. The van der Waals surface area contributed by atoms with Gasteiger partial charge in [0.2, 0.25) is 0 Å². The molecule has 0 aromatic carbocycles. The molecule has 10 nitrogen and oxygen atoms in total. The normalized spacial score (nSPS) is 17.7. The molecule has 5 heterocycles. The van der Waals surface area contributed by atoms with Crippen LogP contribution in [0.1, 0.15) is 24.6 Å². The predicted molar refractivity (Wildman–Crippen MR) is 123 cm³/mol. The van der Waals surface area contributed by atoms with Gasteiger partial charge in [0.15, 0.2) is 22.7 Å². The van der Waals surface area contributed by atoms with Gasteiger partial charge < -0.3 is 14.4 Å². The molecule has 0 aliphatic carbocycles. The van der Waals surface area contributed by atoms with Crippen LogP contribution in [0.2, 0.25) is 0 Å². The van der Waals surface area contributed by atoms with Gasteiger partial charge in [0.05, 0.1) is 41.9 Å². The molecule has 0 spiro atoms. The molecule has 1 aliphatic rings. The van der Waals surface area contributed by atoms with Crippen LogP contribution in [0.4, 0.5) is 10.2 Å². The Hall–Kier alpha value is -3.69. The first-order chi connectivity index (χ1) is 16.5. The lowest BCUT2D eigenvalue weighted by atomic mass is 9.96. The van der Waals surface area contributed by atoms with Crippen molar-refractivity contribution in [3.63, 3.8) is 0 Å². The van der Waals surface area contributed by atoms with Gasteiger partial charge in [-0.3, -0.25) is 4.68 Å². The first-order valence-corrected chi connectivity index (χ1v) is 12.0. The van der Waals surface area contributed by atoms with Crippen molar-refractivity contribution in [3.05, 3.63) is 54.6 Å². The maximum absolute atomic E-state index is 14.5. The molecule has 1 aliphatic heterocycles. The number of nitrogens with one attached hydrogen (secondary N) is 1. The van der Waals surface area contributed by atoms with Crippen LogP contribution in [-0.4, -0.2) is 51.6 Å². The summed E-state index contributed by atoms with van der Waals surface area (Å²) in [5.74, 6) is -0.430. The molecule has 1 fully saturated rings. The van der Waals surface area contributed by atoms with Crippen molar-refractivity contribution in [2.75, 3.05) is 18.0 Å². The topological polar surface area (TPSA) is 137 Å². The number of rotatable bonds is 7. The van der Waals surface area contributed by atoms with E-state index in [1.165, 1.54) is 18.5 Å². The van der Waals surface area contributed by atoms with E-state index in [2.05, 4.69) is 31.1 Å². The fourth-order valence-corrected chi connectivity index (χ4v) is 4.92. The summed E-state index contributed by atoms with van der Waals surface area (Å²) < 4.78 is 36.6. The first-order valence-electron chi connectivity index (χ1n) is 10.7. The second-order valence-electron chi connectivity index (χ2n) is 8.17. The summed E-state index contributed by atoms with van der Waals surface area (Å²) in [5, 5.41) is 14.9. The SMILES string of the molecule is N#CCC(C1CCN(c2nc(CS(=O)O)ccc2F)C1)n1cc(-c2ncnc3[nH]ccc23)cn1. The average Bonchev–Trinajstić information content (AvgIpc) is 3.58. The van der Waals surface area contributed by atoms with Crippen LogP contribution < -0.4 is 4.90 Å². The lowest BCUT2D eigenvalue weighted by Crippen LogP contribution is -2.26. The van der Waals surface area contributed by atoms with E-state index in [0.29, 0.717) is 18.8 Å². The van der Waals surface area contributed by atoms with Crippen molar-refractivity contribution < 1.29 is 13.2 Å². The third-order valence-electron chi connectivity index (χ3n) is 6.09. The second kappa shape index (κ2) is 9.28. The summed E-state index contributed by atoms with van der Waals surface area (Å²) in [6, 6.07) is 6.64. The molecule has 0 amide bonds. The van der Waals surface area contributed by atoms with E-state index in [1.54, 1.807) is 17.1 Å². The third-order valence-corrected chi connectivity index (χ3v) is 6.64. The Morgan fingerprint density at radius 3 is 3.06 bits per heavy atom. The van der Waals surface area contributed by atoms with Gasteiger partial charge in [-0.1, -0.05) is 0 Å². The van der Waals surface area contributed by atoms with E-state index in [0.717, 1.165) is 28.7 Å². The van der Waals surface area contributed by atoms with Gasteiger partial charge in [-0.2, -0.15) is 10.4 Å². The molecule has 0 bridgehead atoms. The highest BCUT2D eigenvalue weighted by molar-refractivity contribution is 7.78. The highest BCUT2D eigenvalue weighted by Crippen LogP contribution is 2.34. The smallest absolute Gasteiger partial charge is 0.165 e. The average molecular weight is 481 g/mol. The van der Waals surface area contributed by atoms with Gasteiger partial charge in [0.1, 0.15) is 12.0 Å². The van der Waals surface area contributed by atoms with Crippen molar-refractivity contribution in [1.82, 2.24) is 29.7 Å². The minimum absolute atomic E-state index is 0.0434. The number of aromatic amines is 1. The zero-order chi connectivity index (χ0) is 23.7. The van der Waals surface area contributed by atoms with Crippen molar-refractivity contribution >= 4 is 27.9 Å². The van der Waals surface area contributed by atoms with Crippen molar-refractivity contribution in [1.29, 1.82) is 5.26 Å². The molecule has 0 saturated carbocycles. The summed E-state index contributed by atoms with van der Waals surface area (Å²) in [5.41, 5.74) is 2.67. The molecule has 0 radical (unpaired) electrons. The highest BCUT2D eigenvalue weighted by atomic mass is 32.2. The Bertz CT molecular complexity index is 1400. The molecule has 4 aromatic heterocycles. The van der Waals surface area contributed by atoms with Crippen molar-refractivity contribution in [2.24, 2.45) is 5.92 Å². The molecule has 3 atom stereocenters. The second-order valence-corrected chi connectivity index (χ2v) is 9.10. The number of aromatic nitrogens is 6. The molecule has 12 heteroatoms. The monoisotopic (exact) mass is 480 g/mol. The van der Waals surface area contributed by atoms with E-state index >= 15 is 0 Å². The Morgan fingerprint density at radius 2 is 2.24 bits per heavy atom. The van der Waals surface area contributed by atoms with Crippen LogP contribution in [0.5, 0.6) is 0 Å². The Labute approximate surface area is 196 Å². The predicted octanol–water partition coefficient (Wildman–Crippen LogP) is 3.06. The number of nitriles is 1. The molecule has 2 N–H and O–H groups in total. The lowest BCUT2D eigenvalue weighted by Gasteiger charge is -2.23. The molecular weight excluding hydrogens is 459 g/mol. The Morgan fingerprint density at radius 1 is 1.35 bits per heavy atom. The van der Waals surface area contributed by atoms with Crippen LogP contribution in [0.25, 0.3) is 22.3 Å². The fraction of sp³-hybridized carbons (Fsp3) is 0.318. The summed E-state index contributed by atoms with van der Waals surface area (Å²) in [7, 11) is 0. The van der Waals surface area contributed by atoms with Crippen LogP contribution in [-0.2, 0) is 16.8 Å². The molecule has 4 aromatic rings. The molecule has 3 unspecified atom stereocenters. The summed E-state index contributed by atoms with van der Waals surface area (Å²) in [4.78, 5) is 17.8. The van der Waals surface area contributed by atoms with Gasteiger partial charge >= 0.3 is 0 Å². The zero-order valence-electron chi connectivity index (χ0n) is 18.0. The molecular formula is C22H21FN8O2S. The maximum atomic E-state index is 14.5. The van der Waals surface area contributed by atoms with E-state index in [9.17, 15) is 13.9 Å². The maximum Gasteiger partial charge on any atom is 0.165 e. The number of fused-ring (bicyclic) bond motifs is 1. The van der Waals surface area contributed by atoms with E-state index in [1.807, 2.05) is 17.2 Å². The van der Waals surface area contributed by atoms with Gasteiger partial charge in [-0.25, -0.2) is 23.6 Å².